The van der Waals surface area contributed by atoms with Crippen LogP contribution in [0.1, 0.15) is 42.1 Å². The number of amides is 2. The number of halogens is 3. The second kappa shape index (κ2) is 6.68. The Balaban J connectivity index is 1.57. The smallest absolute Gasteiger partial charge is 0.314 e. The van der Waals surface area contributed by atoms with Gasteiger partial charge in [-0.3, -0.25) is 14.2 Å². The van der Waals surface area contributed by atoms with Crippen molar-refractivity contribution in [1.82, 2.24) is 19.4 Å². The second-order valence-corrected chi connectivity index (χ2v) is 7.32. The molecule has 1 N–H and O–H groups in total. The van der Waals surface area contributed by atoms with Gasteiger partial charge in [-0.25, -0.2) is 4.79 Å². The zero-order chi connectivity index (χ0) is 20.1. The Labute approximate surface area is 157 Å². The van der Waals surface area contributed by atoms with Crippen molar-refractivity contribution in [3.05, 3.63) is 34.2 Å². The van der Waals surface area contributed by atoms with E-state index in [0.717, 1.165) is 30.6 Å². The van der Waals surface area contributed by atoms with Crippen LogP contribution in [0.5, 0.6) is 0 Å². The van der Waals surface area contributed by atoms with Crippen molar-refractivity contribution in [2.24, 2.45) is 0 Å². The molecule has 0 radical (unpaired) electrons. The third-order valence-corrected chi connectivity index (χ3v) is 5.33. The van der Waals surface area contributed by atoms with E-state index in [0.29, 0.717) is 15.9 Å². The molecule has 2 heterocycles. The molecule has 0 spiro atoms. The molecule has 2 aliphatic rings. The molecular formula is C18H19F3N4O3. The van der Waals surface area contributed by atoms with Crippen LogP contribution < -0.4 is 5.69 Å². The summed E-state index contributed by atoms with van der Waals surface area (Å²) in [6, 6.07) is 4.86. The number of benzene rings is 1. The number of nitrogens with zero attached hydrogens (tertiary/aromatic N) is 3. The third-order valence-electron chi connectivity index (χ3n) is 5.33. The molecule has 2 amide bonds. The SMILES string of the molecule is O=C1CN(C(=O)c2ccc3c(c2)[nH]c(=O)n3C2CCCC2)CN1CC(F)(F)F. The minimum absolute atomic E-state index is 0.134. The van der Waals surface area contributed by atoms with Crippen LogP contribution >= 0.6 is 0 Å². The molecule has 7 nitrogen and oxygen atoms in total. The van der Waals surface area contributed by atoms with Crippen LogP contribution in [-0.2, 0) is 4.79 Å². The molecule has 1 aromatic heterocycles. The van der Waals surface area contributed by atoms with Crippen LogP contribution in [0.25, 0.3) is 11.0 Å². The van der Waals surface area contributed by atoms with Crippen molar-refractivity contribution < 1.29 is 22.8 Å². The number of hydrogen-bond acceptors (Lipinski definition) is 3. The van der Waals surface area contributed by atoms with E-state index in [4.69, 9.17) is 0 Å². The largest absolute Gasteiger partial charge is 0.406 e. The predicted octanol–water partition coefficient (Wildman–Crippen LogP) is 2.25. The van der Waals surface area contributed by atoms with Gasteiger partial charge in [-0.05, 0) is 31.0 Å². The molecule has 10 heteroatoms. The van der Waals surface area contributed by atoms with Gasteiger partial charge in [0.25, 0.3) is 5.91 Å². The van der Waals surface area contributed by atoms with E-state index >= 15 is 0 Å². The highest BCUT2D eigenvalue weighted by molar-refractivity contribution is 6.00. The molecule has 2 fully saturated rings. The standard InChI is InChI=1S/C18H19F3N4O3/c19-18(20,21)9-24-10-23(8-15(24)26)16(27)11-5-6-14-13(7-11)22-17(28)25(14)12-3-1-2-4-12/h5-7,12H,1-4,8-10H2,(H,22,28). The van der Waals surface area contributed by atoms with E-state index in [2.05, 4.69) is 4.98 Å². The van der Waals surface area contributed by atoms with Crippen LogP contribution in [-0.4, -0.2) is 57.1 Å². The van der Waals surface area contributed by atoms with Gasteiger partial charge in [0.15, 0.2) is 0 Å². The quantitative estimate of drug-likeness (QED) is 0.865. The Morgan fingerprint density at radius 1 is 1.18 bits per heavy atom. The molecule has 1 aliphatic carbocycles. The van der Waals surface area contributed by atoms with Crippen LogP contribution in [0.4, 0.5) is 13.2 Å². The Hall–Kier alpha value is -2.78. The summed E-state index contributed by atoms with van der Waals surface area (Å²) in [4.78, 5) is 41.2. The number of alkyl halides is 3. The lowest BCUT2D eigenvalue weighted by Gasteiger charge is -2.19. The molecule has 1 aromatic carbocycles. The minimum atomic E-state index is -4.52. The second-order valence-electron chi connectivity index (χ2n) is 7.32. The van der Waals surface area contributed by atoms with Gasteiger partial charge in [0.05, 0.1) is 17.7 Å². The normalized spacial score (nSPS) is 18.6. The summed E-state index contributed by atoms with van der Waals surface area (Å²) in [5.74, 6) is -1.29. The van der Waals surface area contributed by atoms with Gasteiger partial charge in [0.1, 0.15) is 13.1 Å². The van der Waals surface area contributed by atoms with Crippen LogP contribution in [0, 0.1) is 0 Å². The number of hydrogen-bond donors (Lipinski definition) is 1. The summed E-state index contributed by atoms with van der Waals surface area (Å²) in [7, 11) is 0. The zero-order valence-corrected chi connectivity index (χ0v) is 15.0. The number of rotatable bonds is 3. The van der Waals surface area contributed by atoms with E-state index in [1.807, 2.05) is 0 Å². The predicted molar refractivity (Wildman–Crippen MR) is 93.7 cm³/mol. The Kier molecular flexibility index (Phi) is 4.43. The lowest BCUT2D eigenvalue weighted by Crippen LogP contribution is -2.37. The summed E-state index contributed by atoms with van der Waals surface area (Å²) in [6.45, 7) is -2.19. The van der Waals surface area contributed by atoms with Crippen molar-refractivity contribution in [3.8, 4) is 0 Å². The highest BCUT2D eigenvalue weighted by Gasteiger charge is 2.39. The first-order valence-corrected chi connectivity index (χ1v) is 9.11. The fourth-order valence-corrected chi connectivity index (χ4v) is 4.06. The Bertz CT molecular complexity index is 988. The van der Waals surface area contributed by atoms with E-state index in [1.165, 1.54) is 6.07 Å². The van der Waals surface area contributed by atoms with Crippen molar-refractivity contribution >= 4 is 22.8 Å². The number of carbonyl (C=O) groups is 2. The van der Waals surface area contributed by atoms with Crippen molar-refractivity contribution in [2.45, 2.75) is 37.9 Å². The minimum Gasteiger partial charge on any atom is -0.314 e. The van der Waals surface area contributed by atoms with Gasteiger partial charge >= 0.3 is 11.9 Å². The number of nitrogens with one attached hydrogen (secondary N) is 1. The van der Waals surface area contributed by atoms with Crippen LogP contribution in [0.2, 0.25) is 0 Å². The summed E-state index contributed by atoms with van der Waals surface area (Å²) >= 11 is 0. The van der Waals surface area contributed by atoms with Crippen molar-refractivity contribution in [1.29, 1.82) is 0 Å². The average Bonchev–Trinajstić information content (AvgIpc) is 3.31. The van der Waals surface area contributed by atoms with Crippen LogP contribution in [0.3, 0.4) is 0 Å². The number of carbonyl (C=O) groups excluding carboxylic acids is 2. The first-order valence-electron chi connectivity index (χ1n) is 9.11. The molecular weight excluding hydrogens is 377 g/mol. The number of fused-ring (bicyclic) bond motifs is 1. The molecule has 28 heavy (non-hydrogen) atoms. The number of aromatic amines is 1. The van der Waals surface area contributed by atoms with E-state index in [1.54, 1.807) is 16.7 Å². The van der Waals surface area contributed by atoms with Crippen LogP contribution in [0.15, 0.2) is 23.0 Å². The topological polar surface area (TPSA) is 78.4 Å². The maximum atomic E-state index is 12.7. The summed E-state index contributed by atoms with van der Waals surface area (Å²) in [5, 5.41) is 0. The van der Waals surface area contributed by atoms with Gasteiger partial charge in [0.2, 0.25) is 5.91 Å². The monoisotopic (exact) mass is 396 g/mol. The number of imidazole rings is 1. The van der Waals surface area contributed by atoms with Gasteiger partial charge in [0, 0.05) is 11.6 Å². The van der Waals surface area contributed by atoms with E-state index < -0.39 is 37.7 Å². The van der Waals surface area contributed by atoms with Gasteiger partial charge in [-0.1, -0.05) is 12.8 Å². The third kappa shape index (κ3) is 3.38. The molecule has 1 saturated heterocycles. The maximum absolute atomic E-state index is 12.7. The molecule has 1 saturated carbocycles. The first kappa shape index (κ1) is 18.6. The maximum Gasteiger partial charge on any atom is 0.406 e. The summed E-state index contributed by atoms with van der Waals surface area (Å²) < 4.78 is 39.3. The summed E-state index contributed by atoms with van der Waals surface area (Å²) in [5.41, 5.74) is 1.18. The Morgan fingerprint density at radius 2 is 1.89 bits per heavy atom. The van der Waals surface area contributed by atoms with Gasteiger partial charge in [-0.15, -0.1) is 0 Å². The fraction of sp³-hybridized carbons (Fsp3) is 0.500. The molecule has 0 unspecified atom stereocenters. The zero-order valence-electron chi connectivity index (χ0n) is 15.0. The van der Waals surface area contributed by atoms with Gasteiger partial charge in [-0.2, -0.15) is 13.2 Å². The Morgan fingerprint density at radius 3 is 2.57 bits per heavy atom. The molecule has 2 aromatic rings. The molecule has 0 bridgehead atoms. The highest BCUT2D eigenvalue weighted by atomic mass is 19.4. The van der Waals surface area contributed by atoms with Crippen molar-refractivity contribution in [2.75, 3.05) is 19.8 Å². The highest BCUT2D eigenvalue weighted by Crippen LogP contribution is 2.31. The van der Waals surface area contributed by atoms with E-state index in [9.17, 15) is 27.6 Å². The van der Waals surface area contributed by atoms with Gasteiger partial charge < -0.3 is 14.8 Å². The first-order chi connectivity index (χ1) is 13.2. The fourth-order valence-electron chi connectivity index (χ4n) is 4.06. The lowest BCUT2D eigenvalue weighted by atomic mass is 10.1. The van der Waals surface area contributed by atoms with E-state index in [-0.39, 0.29) is 17.3 Å². The number of aromatic nitrogens is 2. The lowest BCUT2D eigenvalue weighted by molar-refractivity contribution is -0.157. The van der Waals surface area contributed by atoms with Crippen molar-refractivity contribution in [3.63, 3.8) is 0 Å². The average molecular weight is 396 g/mol. The molecule has 0 atom stereocenters. The molecule has 4 rings (SSSR count). The molecule has 1 aliphatic heterocycles. The molecule has 150 valence electrons. The summed E-state index contributed by atoms with van der Waals surface area (Å²) in [6.07, 6.45) is -0.525. The number of H-pyrrole nitrogens is 1.